The normalized spacial score (nSPS) is 14.0. The minimum Gasteiger partial charge on any atom is -0.477 e. The average molecular weight is 821 g/mol. The number of nitrogens with zero attached hydrogens (tertiary/aromatic N) is 1. The molecule has 0 radical (unpaired) electrons. The zero-order valence-corrected chi connectivity index (χ0v) is 37.7. The predicted octanol–water partition coefficient (Wildman–Crippen LogP) is 12.5. The molecule has 0 aliphatic heterocycles. The van der Waals surface area contributed by atoms with E-state index in [-0.39, 0.29) is 49.1 Å². The highest BCUT2D eigenvalue weighted by atomic mass is 16.6. The summed E-state index contributed by atoms with van der Waals surface area (Å²) in [5.74, 6) is -1.57. The summed E-state index contributed by atoms with van der Waals surface area (Å²) in [5, 5.41) is 9.62. The highest BCUT2D eigenvalue weighted by Gasteiger charge is 2.31. The smallest absolute Gasteiger partial charge is 0.362 e. The second kappa shape index (κ2) is 40.8. The van der Waals surface area contributed by atoms with E-state index >= 15 is 0 Å². The maximum Gasteiger partial charge on any atom is 0.362 e. The molecule has 0 rings (SSSR count). The molecule has 0 saturated carbocycles. The molecule has 0 aliphatic rings. The number of esters is 2. The number of carboxylic acid groups (broad SMARTS) is 1. The first-order valence-corrected chi connectivity index (χ1v) is 22.4. The van der Waals surface area contributed by atoms with E-state index in [1.807, 2.05) is 21.1 Å². The molecule has 59 heavy (non-hydrogen) atoms. The molecule has 0 aromatic rings. The molecule has 0 aromatic heterocycles. The van der Waals surface area contributed by atoms with Crippen molar-refractivity contribution in [3.63, 3.8) is 0 Å². The Bertz CT molecular complexity index is 1330. The Labute approximate surface area is 359 Å². The first-order chi connectivity index (χ1) is 28.6. The lowest BCUT2D eigenvalue weighted by Gasteiger charge is -2.31. The monoisotopic (exact) mass is 821 g/mol. The third kappa shape index (κ3) is 39.2. The molecular weight excluding hydrogens is 739 g/mol. The fraction of sp³-hybridized carbons (Fsp3) is 0.588. The first kappa shape index (κ1) is 55.0. The molecule has 0 saturated heterocycles. The molecule has 2 atom stereocenters. The maximum atomic E-state index is 12.7. The van der Waals surface area contributed by atoms with E-state index < -0.39 is 18.1 Å². The molecule has 0 fully saturated rings. The van der Waals surface area contributed by atoms with Crippen molar-refractivity contribution in [2.24, 2.45) is 0 Å². The summed E-state index contributed by atoms with van der Waals surface area (Å²) in [4.78, 5) is 37.0. The first-order valence-electron chi connectivity index (χ1n) is 22.4. The number of quaternary nitrogens is 1. The third-order valence-corrected chi connectivity index (χ3v) is 9.17. The van der Waals surface area contributed by atoms with Gasteiger partial charge < -0.3 is 23.8 Å². The summed E-state index contributed by atoms with van der Waals surface area (Å²) in [6.07, 6.45) is 55.7. The van der Waals surface area contributed by atoms with Crippen LogP contribution in [0.4, 0.5) is 0 Å². The van der Waals surface area contributed by atoms with Crippen LogP contribution in [0, 0.1) is 0 Å². The van der Waals surface area contributed by atoms with E-state index in [0.29, 0.717) is 12.8 Å². The lowest BCUT2D eigenvalue weighted by molar-refractivity contribution is -0.887. The van der Waals surface area contributed by atoms with Gasteiger partial charge in [-0.25, -0.2) is 4.79 Å². The van der Waals surface area contributed by atoms with E-state index in [1.165, 1.54) is 0 Å². The van der Waals surface area contributed by atoms with E-state index in [1.54, 1.807) is 0 Å². The standard InChI is InChI=1S/C51H81NO7/c1-6-8-10-12-14-16-18-20-22-23-24-25-26-27-28-30-31-33-35-37-39-41-49(53)58-46-47(45-57-44-43-48(51(55)56)52(3,4)5)59-50(54)42-40-38-36-34-32-29-21-19-17-15-13-11-9-7-2/h8-11,14-17,20-22,24-25,27-29,31,33,47-48H,6-7,12-13,18-19,23,26,30,32,34-46H2,1-5H3/p+1/b10-8+,11-9+,16-14+,17-15+,22-20+,25-24+,28-27+,29-21+,33-31+. The largest absolute Gasteiger partial charge is 0.477 e. The fourth-order valence-corrected chi connectivity index (χ4v) is 5.75. The van der Waals surface area contributed by atoms with Gasteiger partial charge in [-0.1, -0.05) is 136 Å². The van der Waals surface area contributed by atoms with Gasteiger partial charge in [0.25, 0.3) is 0 Å². The van der Waals surface area contributed by atoms with Crippen molar-refractivity contribution in [1.29, 1.82) is 0 Å². The van der Waals surface area contributed by atoms with Crippen LogP contribution in [0.3, 0.4) is 0 Å². The quantitative estimate of drug-likeness (QED) is 0.0287. The van der Waals surface area contributed by atoms with Gasteiger partial charge in [0.15, 0.2) is 12.1 Å². The maximum absolute atomic E-state index is 12.7. The van der Waals surface area contributed by atoms with Gasteiger partial charge in [0.05, 0.1) is 34.4 Å². The number of hydrogen-bond donors (Lipinski definition) is 1. The Balaban J connectivity index is 4.46. The molecule has 2 unspecified atom stereocenters. The van der Waals surface area contributed by atoms with Crippen molar-refractivity contribution in [3.8, 4) is 0 Å². The van der Waals surface area contributed by atoms with Gasteiger partial charge in [-0.05, 0) is 96.3 Å². The van der Waals surface area contributed by atoms with Crippen molar-refractivity contribution in [2.75, 3.05) is 41.0 Å². The Hall–Kier alpha value is -4.01. The minimum atomic E-state index is -0.891. The number of rotatable bonds is 38. The van der Waals surface area contributed by atoms with Crippen LogP contribution in [0.15, 0.2) is 109 Å². The molecule has 1 N–H and O–H groups in total. The Morgan fingerprint density at radius 2 is 0.898 bits per heavy atom. The molecule has 8 nitrogen and oxygen atoms in total. The summed E-state index contributed by atoms with van der Waals surface area (Å²) in [7, 11) is 5.49. The SMILES string of the molecule is CC/C=C/C/C=C/C/C=C/C/C=C/C/C=C/C/C=C/CCCCC(=O)OCC(COCCC(C(=O)O)[N+](C)(C)C)OC(=O)CCCCCC/C=C/C/C=C/C/C=C/CC. The second-order valence-electron chi connectivity index (χ2n) is 15.5. The third-order valence-electron chi connectivity index (χ3n) is 9.17. The summed E-state index contributed by atoms with van der Waals surface area (Å²) >= 11 is 0. The Morgan fingerprint density at radius 1 is 0.508 bits per heavy atom. The van der Waals surface area contributed by atoms with Gasteiger partial charge in [0.2, 0.25) is 0 Å². The van der Waals surface area contributed by atoms with Crippen molar-refractivity contribution in [2.45, 2.75) is 154 Å². The fourth-order valence-electron chi connectivity index (χ4n) is 5.75. The van der Waals surface area contributed by atoms with E-state index in [9.17, 15) is 19.5 Å². The average Bonchev–Trinajstić information content (AvgIpc) is 3.19. The topological polar surface area (TPSA) is 99.1 Å². The number of hydrogen-bond acceptors (Lipinski definition) is 6. The van der Waals surface area contributed by atoms with Gasteiger partial charge in [0, 0.05) is 19.3 Å². The van der Waals surface area contributed by atoms with E-state index in [4.69, 9.17) is 14.2 Å². The molecule has 0 bridgehead atoms. The number of carbonyl (C=O) groups is 3. The second-order valence-corrected chi connectivity index (χ2v) is 15.5. The lowest BCUT2D eigenvalue weighted by atomic mass is 10.1. The number of likely N-dealkylation sites (N-methyl/N-ethyl adjacent to an activating group) is 1. The Kier molecular flexibility index (Phi) is 38.0. The van der Waals surface area contributed by atoms with Crippen LogP contribution in [0.2, 0.25) is 0 Å². The highest BCUT2D eigenvalue weighted by Crippen LogP contribution is 2.12. The van der Waals surface area contributed by atoms with Crippen LogP contribution in [-0.2, 0) is 28.6 Å². The molecule has 8 heteroatoms. The van der Waals surface area contributed by atoms with Crippen LogP contribution in [0.1, 0.15) is 142 Å². The van der Waals surface area contributed by atoms with Crippen molar-refractivity contribution in [3.05, 3.63) is 109 Å². The van der Waals surface area contributed by atoms with Gasteiger partial charge in [0.1, 0.15) is 6.61 Å². The van der Waals surface area contributed by atoms with Gasteiger partial charge >= 0.3 is 17.9 Å². The molecule has 0 aromatic carbocycles. The lowest BCUT2D eigenvalue weighted by Crippen LogP contribution is -2.50. The molecule has 0 spiro atoms. The number of allylic oxidation sites excluding steroid dienone is 18. The van der Waals surface area contributed by atoms with E-state index in [2.05, 4.69) is 123 Å². The number of aliphatic carboxylic acids is 1. The van der Waals surface area contributed by atoms with Gasteiger partial charge in [-0.3, -0.25) is 9.59 Å². The van der Waals surface area contributed by atoms with Gasteiger partial charge in [-0.15, -0.1) is 0 Å². The molecule has 0 amide bonds. The molecular formula is C51H82NO7+. The molecule has 0 heterocycles. The van der Waals surface area contributed by atoms with Crippen molar-refractivity contribution >= 4 is 17.9 Å². The minimum absolute atomic E-state index is 0.0299. The summed E-state index contributed by atoms with van der Waals surface area (Å²) < 4.78 is 17.2. The zero-order chi connectivity index (χ0) is 43.5. The number of unbranched alkanes of at least 4 members (excludes halogenated alkanes) is 6. The van der Waals surface area contributed by atoms with Crippen LogP contribution >= 0.6 is 0 Å². The van der Waals surface area contributed by atoms with E-state index in [0.717, 1.165) is 103 Å². The summed E-state index contributed by atoms with van der Waals surface area (Å²) in [6.45, 7) is 4.41. The number of carboxylic acids is 1. The van der Waals surface area contributed by atoms with Crippen molar-refractivity contribution < 1.29 is 38.2 Å². The predicted molar refractivity (Wildman–Crippen MR) is 247 cm³/mol. The van der Waals surface area contributed by atoms with Crippen LogP contribution in [-0.4, -0.2) is 80.6 Å². The summed E-state index contributed by atoms with van der Waals surface area (Å²) in [5.41, 5.74) is 0. The van der Waals surface area contributed by atoms with Crippen LogP contribution in [0.5, 0.6) is 0 Å². The number of carbonyl (C=O) groups excluding carboxylic acids is 2. The molecule has 0 aliphatic carbocycles. The zero-order valence-electron chi connectivity index (χ0n) is 37.7. The Morgan fingerprint density at radius 3 is 1.34 bits per heavy atom. The molecule has 332 valence electrons. The van der Waals surface area contributed by atoms with Crippen LogP contribution < -0.4 is 0 Å². The van der Waals surface area contributed by atoms with Crippen LogP contribution in [0.25, 0.3) is 0 Å². The van der Waals surface area contributed by atoms with Crippen molar-refractivity contribution in [1.82, 2.24) is 0 Å². The van der Waals surface area contributed by atoms with Gasteiger partial charge in [-0.2, -0.15) is 0 Å². The highest BCUT2D eigenvalue weighted by molar-refractivity contribution is 5.72. The number of ether oxygens (including phenoxy) is 3. The summed E-state index contributed by atoms with van der Waals surface area (Å²) in [6, 6.07) is -0.632.